The maximum Gasteiger partial charge on any atom is 0.333 e. The van der Waals surface area contributed by atoms with Crippen LogP contribution in [0.3, 0.4) is 0 Å². The summed E-state index contributed by atoms with van der Waals surface area (Å²) >= 11 is 0. The zero-order valence-electron chi connectivity index (χ0n) is 40.7. The molecule has 1 unspecified atom stereocenters. The molecular formula is C48H66N3O17S3+. The quantitative estimate of drug-likeness (QED) is 0.0283. The van der Waals surface area contributed by atoms with Gasteiger partial charge in [0.15, 0.2) is 6.54 Å². The van der Waals surface area contributed by atoms with Crippen molar-refractivity contribution < 1.29 is 77.4 Å². The summed E-state index contributed by atoms with van der Waals surface area (Å²) in [6, 6.07) is 14.2. The second-order valence-electron chi connectivity index (χ2n) is 18.4. The Labute approximate surface area is 415 Å². The lowest BCUT2D eigenvalue weighted by Crippen LogP contribution is -2.35. The minimum atomic E-state index is -4.66. The molecule has 1 atom stereocenters. The molecule has 0 bridgehead atoms. The number of rotatable bonds is 27. The Hall–Kier alpha value is -5.11. The van der Waals surface area contributed by atoms with E-state index in [1.165, 1.54) is 24.3 Å². The maximum atomic E-state index is 12.5. The number of aromatic nitrogens is 1. The van der Waals surface area contributed by atoms with E-state index in [1.807, 2.05) is 46.7 Å². The van der Waals surface area contributed by atoms with Crippen LogP contribution < -0.4 is 19.7 Å². The van der Waals surface area contributed by atoms with E-state index in [1.54, 1.807) is 25.3 Å². The van der Waals surface area contributed by atoms with Crippen molar-refractivity contribution in [3.8, 4) is 23.1 Å². The number of hydrogen-bond donors (Lipinski definition) is 5. The van der Waals surface area contributed by atoms with Gasteiger partial charge in [0.2, 0.25) is 17.1 Å². The molecule has 3 heterocycles. The number of methoxy groups -OCH3 is 1. The summed E-state index contributed by atoms with van der Waals surface area (Å²) < 4.78 is 127. The molecule has 20 nitrogen and oxygen atoms in total. The van der Waals surface area contributed by atoms with Gasteiger partial charge in [0.1, 0.15) is 24.7 Å². The molecular weight excluding hydrogens is 987 g/mol. The number of unbranched alkanes of at least 4 members (excludes halogenated alkanes) is 2. The molecule has 2 aromatic rings. The van der Waals surface area contributed by atoms with E-state index in [4.69, 9.17) is 23.5 Å². The number of aromatic hydroxyl groups is 2. The van der Waals surface area contributed by atoms with Crippen molar-refractivity contribution in [2.45, 2.75) is 88.4 Å². The molecule has 0 saturated heterocycles. The van der Waals surface area contributed by atoms with E-state index in [0.717, 1.165) is 16.5 Å². The number of hydrogen-bond acceptors (Lipinski definition) is 15. The van der Waals surface area contributed by atoms with Gasteiger partial charge in [0, 0.05) is 67.1 Å². The molecule has 392 valence electrons. The van der Waals surface area contributed by atoms with Crippen LogP contribution in [0, 0.1) is 0 Å². The molecule has 2 aliphatic heterocycles. The van der Waals surface area contributed by atoms with Crippen LogP contribution >= 0.6 is 0 Å². The molecule has 23 heteroatoms. The van der Waals surface area contributed by atoms with Gasteiger partial charge < -0.3 is 38.6 Å². The minimum Gasteiger partial charge on any atom is -0.492 e. The van der Waals surface area contributed by atoms with Crippen molar-refractivity contribution in [3.05, 3.63) is 94.7 Å². The topological polar surface area (TPSA) is 282 Å². The SMILES string of the molecule is COCCOCCOCC[N+](CCCS(=O)(=O)O)=c1ccc2c(C(C)(C)C)cc(C=CC=C3N(CCCCCC(=O)On4c(O)ccc4O)c4ccc(S(=O)(=O)O)cc4C3(C)CCCS(=O)(=O)O)oc-2c1. The van der Waals surface area contributed by atoms with Crippen LogP contribution in [-0.2, 0) is 60.2 Å². The normalized spacial score (nSPS) is 16.6. The van der Waals surface area contributed by atoms with E-state index in [2.05, 4.69) is 20.8 Å². The van der Waals surface area contributed by atoms with E-state index in [-0.39, 0.29) is 42.5 Å². The van der Waals surface area contributed by atoms with Crippen molar-refractivity contribution in [3.63, 3.8) is 0 Å². The van der Waals surface area contributed by atoms with Crippen molar-refractivity contribution in [2.24, 2.45) is 0 Å². The molecule has 1 aromatic heterocycles. The van der Waals surface area contributed by atoms with Crippen molar-refractivity contribution in [1.82, 2.24) is 9.31 Å². The fourth-order valence-corrected chi connectivity index (χ4v) is 9.95. The number of carbonyl (C=O) groups excluding carboxylic acids is 1. The Morgan fingerprint density at radius 2 is 1.45 bits per heavy atom. The average Bonchev–Trinajstić information content (AvgIpc) is 3.71. The highest BCUT2D eigenvalue weighted by molar-refractivity contribution is 7.86. The number of benzene rings is 2. The van der Waals surface area contributed by atoms with Crippen LogP contribution in [0.4, 0.5) is 5.69 Å². The van der Waals surface area contributed by atoms with E-state index < -0.39 is 65.0 Å². The zero-order valence-corrected chi connectivity index (χ0v) is 43.1. The lowest BCUT2D eigenvalue weighted by atomic mass is 9.77. The fourth-order valence-electron chi connectivity index (χ4n) is 8.44. The van der Waals surface area contributed by atoms with Gasteiger partial charge in [-0.3, -0.25) is 13.7 Å². The first-order valence-corrected chi connectivity index (χ1v) is 27.8. The molecule has 0 saturated carbocycles. The molecule has 1 aliphatic carbocycles. The molecule has 71 heavy (non-hydrogen) atoms. The van der Waals surface area contributed by atoms with Crippen molar-refractivity contribution in [1.29, 1.82) is 0 Å². The Bertz CT molecular complexity index is 2900. The first kappa shape index (κ1) is 56.8. The third kappa shape index (κ3) is 16.5. The summed E-state index contributed by atoms with van der Waals surface area (Å²) in [6.07, 6.45) is 6.98. The number of anilines is 1. The van der Waals surface area contributed by atoms with Gasteiger partial charge in [-0.1, -0.05) is 33.3 Å². The van der Waals surface area contributed by atoms with Gasteiger partial charge in [-0.15, -0.1) is 4.73 Å². The molecule has 5 rings (SSSR count). The van der Waals surface area contributed by atoms with Crippen molar-refractivity contribution >= 4 is 48.1 Å². The Morgan fingerprint density at radius 3 is 2.10 bits per heavy atom. The molecule has 5 N–H and O–H groups in total. The molecule has 3 aliphatic rings. The Kier molecular flexibility index (Phi) is 19.6. The molecule has 0 radical (unpaired) electrons. The van der Waals surface area contributed by atoms with Crippen LogP contribution in [0.1, 0.15) is 89.5 Å². The Morgan fingerprint density at radius 1 is 0.789 bits per heavy atom. The molecule has 0 amide bonds. The fraction of sp³-hybridized carbons (Fsp3) is 0.500. The number of allylic oxidation sites excluding steroid dienone is 3. The number of fused-ring (bicyclic) bond motifs is 2. The van der Waals surface area contributed by atoms with Gasteiger partial charge in [-0.2, -0.15) is 25.3 Å². The van der Waals surface area contributed by atoms with Crippen LogP contribution in [0.5, 0.6) is 11.8 Å². The summed E-state index contributed by atoms with van der Waals surface area (Å²) in [6.45, 7) is 10.9. The third-order valence-electron chi connectivity index (χ3n) is 11.9. The first-order chi connectivity index (χ1) is 33.3. The van der Waals surface area contributed by atoms with Crippen LogP contribution in [0.25, 0.3) is 17.4 Å². The summed E-state index contributed by atoms with van der Waals surface area (Å²) in [4.78, 5) is 19.2. The summed E-state index contributed by atoms with van der Waals surface area (Å²) in [5.41, 5.74) is 2.12. The van der Waals surface area contributed by atoms with Gasteiger partial charge in [-0.05, 0) is 91.6 Å². The second-order valence-corrected chi connectivity index (χ2v) is 23.0. The highest BCUT2D eigenvalue weighted by atomic mass is 32.2. The van der Waals surface area contributed by atoms with Gasteiger partial charge in [-0.25, -0.2) is 9.37 Å². The van der Waals surface area contributed by atoms with Crippen LogP contribution in [0.2, 0.25) is 0 Å². The van der Waals surface area contributed by atoms with Gasteiger partial charge in [0.25, 0.3) is 30.4 Å². The second kappa shape index (κ2) is 24.5. The smallest absolute Gasteiger partial charge is 0.333 e. The summed E-state index contributed by atoms with van der Waals surface area (Å²) in [7, 11) is -11.6. The monoisotopic (exact) mass is 1050 g/mol. The highest BCUT2D eigenvalue weighted by Gasteiger charge is 2.43. The number of carbonyl (C=O) groups is 1. The predicted octanol–water partition coefficient (Wildman–Crippen LogP) is 5.43. The van der Waals surface area contributed by atoms with Gasteiger partial charge >= 0.3 is 5.97 Å². The highest BCUT2D eigenvalue weighted by Crippen LogP contribution is 2.51. The number of nitrogens with zero attached hydrogens (tertiary/aromatic N) is 3. The summed E-state index contributed by atoms with van der Waals surface area (Å²) in [5.74, 6) is -1.58. The average molecular weight is 1050 g/mol. The lowest BCUT2D eigenvalue weighted by molar-refractivity contribution is -0.145. The largest absolute Gasteiger partial charge is 0.492 e. The standard InChI is InChI=1S/C48H65N3O17S3/c1-47(2,3)39-33-36(67-42-32-35(15-17-38(39)42)49(22-11-31-70(58,59)60)24-25-65-28-29-66-27-26-64-5)12-9-13-43-48(4,21-10-30-69(55,56)57)40-34-37(71(61,62)63)16-18-41(40)50(43)23-8-6-7-14-46(54)68-51-44(52)19-20-45(51)53/h9,12-13,15-20,32-34H,6-8,10-11,14,21-31H2,1-5H3,(H4-,52,53,55,56,57,58,59,60,61,62,63)/p+1. The lowest BCUT2D eigenvalue weighted by Gasteiger charge is -2.30. The Balaban J connectivity index is 1.52. The third-order valence-corrected chi connectivity index (χ3v) is 14.4. The van der Waals surface area contributed by atoms with Gasteiger partial charge in [0.05, 0.1) is 48.9 Å². The summed E-state index contributed by atoms with van der Waals surface area (Å²) in [5, 5.41) is 20.4. The minimum absolute atomic E-state index is 0.00603. The predicted molar refractivity (Wildman–Crippen MR) is 265 cm³/mol. The van der Waals surface area contributed by atoms with E-state index in [0.29, 0.717) is 98.6 Å². The van der Waals surface area contributed by atoms with E-state index in [9.17, 15) is 53.9 Å². The van der Waals surface area contributed by atoms with E-state index >= 15 is 0 Å². The maximum absolute atomic E-state index is 12.5. The molecule has 0 spiro atoms. The number of ether oxygens (including phenoxy) is 3. The van der Waals surface area contributed by atoms with Crippen molar-refractivity contribution in [2.75, 3.05) is 76.2 Å². The first-order valence-electron chi connectivity index (χ1n) is 23.1. The van der Waals surface area contributed by atoms with Crippen LogP contribution in [-0.4, -0.2) is 131 Å². The zero-order chi connectivity index (χ0) is 52.2. The van der Waals surface area contributed by atoms with Crippen LogP contribution in [0.15, 0.2) is 81.8 Å². The molecule has 1 aromatic carbocycles. The molecule has 0 fully saturated rings.